The molecule has 1 aromatic heterocycles. The lowest BCUT2D eigenvalue weighted by Crippen LogP contribution is -2.53. The molecule has 1 N–H and O–H groups in total. The number of hydrogen-bond acceptors (Lipinski definition) is 4. The Bertz CT molecular complexity index is 452. The molecule has 2 fully saturated rings. The van der Waals surface area contributed by atoms with Crippen LogP contribution in [0.1, 0.15) is 31.4 Å². The average Bonchev–Trinajstić information content (AvgIpc) is 3.16. The highest BCUT2D eigenvalue weighted by Crippen LogP contribution is 2.25. The molecule has 2 aliphatic rings. The van der Waals surface area contributed by atoms with Gasteiger partial charge in [0.05, 0.1) is 12.4 Å². The molecule has 1 aliphatic carbocycles. The van der Waals surface area contributed by atoms with E-state index in [1.807, 2.05) is 17.0 Å². The standard InChI is InChI=1S/C16H24N2O3/c19-15-5-1-4-14(15)17-8-10-18(11-9-17)16(20)7-6-13-3-2-12-21-13/h2-3,12,14-15,19H,1,4-11H2/t14-,15-/m1/s1. The van der Waals surface area contributed by atoms with Crippen molar-refractivity contribution in [1.29, 1.82) is 0 Å². The van der Waals surface area contributed by atoms with Crippen LogP contribution in [0, 0.1) is 0 Å². The van der Waals surface area contributed by atoms with Crippen molar-refractivity contribution < 1.29 is 14.3 Å². The highest BCUT2D eigenvalue weighted by atomic mass is 16.3. The predicted molar refractivity (Wildman–Crippen MR) is 78.8 cm³/mol. The Kier molecular flexibility index (Phi) is 4.60. The summed E-state index contributed by atoms with van der Waals surface area (Å²) in [5.74, 6) is 1.08. The number of nitrogens with zero attached hydrogens (tertiary/aromatic N) is 2. The SMILES string of the molecule is O=C(CCc1ccco1)N1CCN([C@@H]2CCC[C@H]2O)CC1. The summed E-state index contributed by atoms with van der Waals surface area (Å²) in [4.78, 5) is 16.5. The van der Waals surface area contributed by atoms with Crippen molar-refractivity contribution in [3.8, 4) is 0 Å². The maximum Gasteiger partial charge on any atom is 0.223 e. The minimum absolute atomic E-state index is 0.175. The topological polar surface area (TPSA) is 56.9 Å². The zero-order valence-electron chi connectivity index (χ0n) is 12.4. The summed E-state index contributed by atoms with van der Waals surface area (Å²) >= 11 is 0. The van der Waals surface area contributed by atoms with Crippen LogP contribution in [0.15, 0.2) is 22.8 Å². The Labute approximate surface area is 125 Å². The number of piperazine rings is 1. The summed E-state index contributed by atoms with van der Waals surface area (Å²) in [6.07, 6.45) is 5.79. The Hall–Kier alpha value is -1.33. The lowest BCUT2D eigenvalue weighted by Gasteiger charge is -2.39. The van der Waals surface area contributed by atoms with Gasteiger partial charge in [-0.25, -0.2) is 0 Å². The quantitative estimate of drug-likeness (QED) is 0.908. The molecule has 5 nitrogen and oxygen atoms in total. The fraction of sp³-hybridized carbons (Fsp3) is 0.688. The number of aliphatic hydroxyl groups excluding tert-OH is 1. The van der Waals surface area contributed by atoms with E-state index in [1.165, 1.54) is 0 Å². The summed E-state index contributed by atoms with van der Waals surface area (Å²) in [5, 5.41) is 9.97. The van der Waals surface area contributed by atoms with Crippen molar-refractivity contribution in [2.24, 2.45) is 0 Å². The maximum absolute atomic E-state index is 12.2. The minimum Gasteiger partial charge on any atom is -0.469 e. The molecule has 2 heterocycles. The zero-order valence-corrected chi connectivity index (χ0v) is 12.4. The van der Waals surface area contributed by atoms with E-state index >= 15 is 0 Å². The third-order valence-corrected chi connectivity index (χ3v) is 4.75. The molecule has 0 radical (unpaired) electrons. The summed E-state index contributed by atoms with van der Waals surface area (Å²) in [6, 6.07) is 4.07. The molecule has 1 saturated heterocycles. The van der Waals surface area contributed by atoms with E-state index < -0.39 is 0 Å². The third kappa shape index (κ3) is 3.47. The van der Waals surface area contributed by atoms with E-state index in [1.54, 1.807) is 6.26 Å². The number of amides is 1. The number of carbonyl (C=O) groups is 1. The normalized spacial score (nSPS) is 27.2. The van der Waals surface area contributed by atoms with E-state index in [4.69, 9.17) is 4.42 Å². The van der Waals surface area contributed by atoms with Crippen molar-refractivity contribution in [3.63, 3.8) is 0 Å². The van der Waals surface area contributed by atoms with Crippen molar-refractivity contribution in [2.75, 3.05) is 26.2 Å². The number of carbonyl (C=O) groups excluding carboxylic acids is 1. The number of aliphatic hydroxyl groups is 1. The van der Waals surface area contributed by atoms with Gasteiger partial charge in [-0.2, -0.15) is 0 Å². The van der Waals surface area contributed by atoms with Gasteiger partial charge in [-0.05, 0) is 31.4 Å². The number of aryl methyl sites for hydroxylation is 1. The Balaban J connectivity index is 1.43. The van der Waals surface area contributed by atoms with Crippen LogP contribution in [0.4, 0.5) is 0 Å². The van der Waals surface area contributed by atoms with Gasteiger partial charge in [0.15, 0.2) is 0 Å². The van der Waals surface area contributed by atoms with E-state index in [0.717, 1.165) is 51.2 Å². The Morgan fingerprint density at radius 3 is 2.71 bits per heavy atom. The molecule has 0 spiro atoms. The van der Waals surface area contributed by atoms with E-state index in [2.05, 4.69) is 4.90 Å². The van der Waals surface area contributed by atoms with Crippen LogP contribution in [0.3, 0.4) is 0 Å². The molecule has 0 aromatic carbocycles. The van der Waals surface area contributed by atoms with Crippen LogP contribution in [0.25, 0.3) is 0 Å². The number of rotatable bonds is 4. The van der Waals surface area contributed by atoms with Gasteiger partial charge in [-0.15, -0.1) is 0 Å². The first-order chi connectivity index (χ1) is 10.2. The molecular weight excluding hydrogens is 268 g/mol. The van der Waals surface area contributed by atoms with Crippen molar-refractivity contribution in [3.05, 3.63) is 24.2 Å². The van der Waals surface area contributed by atoms with Gasteiger partial charge >= 0.3 is 0 Å². The highest BCUT2D eigenvalue weighted by Gasteiger charge is 2.33. The molecule has 1 saturated carbocycles. The Morgan fingerprint density at radius 2 is 2.10 bits per heavy atom. The lowest BCUT2D eigenvalue weighted by atomic mass is 10.1. The zero-order chi connectivity index (χ0) is 14.7. The first kappa shape index (κ1) is 14.6. The van der Waals surface area contributed by atoms with Gasteiger partial charge in [-0.1, -0.05) is 0 Å². The lowest BCUT2D eigenvalue weighted by molar-refractivity contribution is -0.133. The van der Waals surface area contributed by atoms with Crippen molar-refractivity contribution in [2.45, 2.75) is 44.2 Å². The second-order valence-electron chi connectivity index (χ2n) is 6.06. The fourth-order valence-electron chi connectivity index (χ4n) is 3.49. The van der Waals surface area contributed by atoms with Gasteiger partial charge in [-0.3, -0.25) is 9.69 Å². The summed E-state index contributed by atoms with van der Waals surface area (Å²) in [6.45, 7) is 3.32. The van der Waals surface area contributed by atoms with Crippen molar-refractivity contribution >= 4 is 5.91 Å². The van der Waals surface area contributed by atoms with Gasteiger partial charge < -0.3 is 14.4 Å². The van der Waals surface area contributed by atoms with Crippen LogP contribution in [0.5, 0.6) is 0 Å². The molecule has 116 valence electrons. The summed E-state index contributed by atoms with van der Waals surface area (Å²) in [5.41, 5.74) is 0. The third-order valence-electron chi connectivity index (χ3n) is 4.75. The largest absolute Gasteiger partial charge is 0.469 e. The maximum atomic E-state index is 12.2. The molecule has 2 atom stereocenters. The smallest absolute Gasteiger partial charge is 0.223 e. The first-order valence-electron chi connectivity index (χ1n) is 7.96. The van der Waals surface area contributed by atoms with E-state index in [9.17, 15) is 9.90 Å². The molecule has 1 amide bonds. The Morgan fingerprint density at radius 1 is 1.29 bits per heavy atom. The first-order valence-corrected chi connectivity index (χ1v) is 7.96. The van der Waals surface area contributed by atoms with Crippen LogP contribution in [0.2, 0.25) is 0 Å². The van der Waals surface area contributed by atoms with Crippen LogP contribution in [-0.2, 0) is 11.2 Å². The molecule has 0 unspecified atom stereocenters. The number of furan rings is 1. The highest BCUT2D eigenvalue weighted by molar-refractivity contribution is 5.76. The van der Waals surface area contributed by atoms with Crippen molar-refractivity contribution in [1.82, 2.24) is 9.80 Å². The van der Waals surface area contributed by atoms with Crippen LogP contribution in [-0.4, -0.2) is 59.1 Å². The molecule has 3 rings (SSSR count). The molecular formula is C16H24N2O3. The second kappa shape index (κ2) is 6.62. The van der Waals surface area contributed by atoms with Gasteiger partial charge in [0.1, 0.15) is 5.76 Å². The fourth-order valence-corrected chi connectivity index (χ4v) is 3.49. The predicted octanol–water partition coefficient (Wildman–Crippen LogP) is 1.27. The average molecular weight is 292 g/mol. The molecule has 5 heteroatoms. The second-order valence-corrected chi connectivity index (χ2v) is 6.06. The van der Waals surface area contributed by atoms with Gasteiger partial charge in [0, 0.05) is 45.1 Å². The van der Waals surface area contributed by atoms with E-state index in [-0.39, 0.29) is 12.0 Å². The number of hydrogen-bond donors (Lipinski definition) is 1. The van der Waals surface area contributed by atoms with Crippen LogP contribution >= 0.6 is 0 Å². The molecule has 1 aromatic rings. The minimum atomic E-state index is -0.175. The van der Waals surface area contributed by atoms with Gasteiger partial charge in [0.25, 0.3) is 0 Å². The molecule has 21 heavy (non-hydrogen) atoms. The monoisotopic (exact) mass is 292 g/mol. The van der Waals surface area contributed by atoms with E-state index in [0.29, 0.717) is 18.9 Å². The van der Waals surface area contributed by atoms with Gasteiger partial charge in [0.2, 0.25) is 5.91 Å². The summed E-state index contributed by atoms with van der Waals surface area (Å²) in [7, 11) is 0. The summed E-state index contributed by atoms with van der Waals surface area (Å²) < 4.78 is 5.26. The van der Waals surface area contributed by atoms with Crippen LogP contribution < -0.4 is 0 Å². The molecule has 1 aliphatic heterocycles. The molecule has 0 bridgehead atoms.